The summed E-state index contributed by atoms with van der Waals surface area (Å²) >= 11 is 0. The van der Waals surface area contributed by atoms with Crippen molar-refractivity contribution in [1.82, 2.24) is 4.98 Å². The molecule has 0 radical (unpaired) electrons. The normalized spacial score (nSPS) is 11.7. The molecule has 3 aromatic carbocycles. The summed E-state index contributed by atoms with van der Waals surface area (Å²) in [5.41, 5.74) is 2.69. The van der Waals surface area contributed by atoms with Gasteiger partial charge in [0.05, 0.1) is 33.3 Å². The first-order valence-corrected chi connectivity index (χ1v) is 12.5. The van der Waals surface area contributed by atoms with Crippen LogP contribution in [0.3, 0.4) is 0 Å². The van der Waals surface area contributed by atoms with E-state index in [4.69, 9.17) is 8.83 Å². The molecule has 0 aliphatic heterocycles. The second-order valence-electron chi connectivity index (χ2n) is 10.1. The van der Waals surface area contributed by atoms with Crippen molar-refractivity contribution < 1.29 is 19.0 Å². The maximum atomic E-state index is 13.6. The van der Waals surface area contributed by atoms with Crippen LogP contribution in [-0.4, -0.2) is 15.2 Å². The largest absolute Gasteiger partial charge is 0.507 e. The lowest BCUT2D eigenvalue weighted by Gasteiger charge is -2.20. The van der Waals surface area contributed by atoms with E-state index in [2.05, 4.69) is 4.98 Å². The van der Waals surface area contributed by atoms with Crippen LogP contribution in [0, 0.1) is 27.7 Å². The fraction of sp³-hybridized carbons (Fsp3) is 0.156. The predicted molar refractivity (Wildman–Crippen MR) is 150 cm³/mol. The van der Waals surface area contributed by atoms with Gasteiger partial charge in [0.15, 0.2) is 0 Å². The first kappa shape index (κ1) is 24.4. The van der Waals surface area contributed by atoms with Crippen molar-refractivity contribution in [3.63, 3.8) is 0 Å². The van der Waals surface area contributed by atoms with Crippen molar-refractivity contribution in [2.75, 3.05) is 0 Å². The van der Waals surface area contributed by atoms with E-state index in [1.165, 1.54) is 6.20 Å². The number of aryl methyl sites for hydroxylation is 4. The molecule has 0 atom stereocenters. The van der Waals surface area contributed by atoms with Crippen molar-refractivity contribution in [3.05, 3.63) is 121 Å². The van der Waals surface area contributed by atoms with Gasteiger partial charge in [0.25, 0.3) is 0 Å². The highest BCUT2D eigenvalue weighted by atomic mass is 16.4. The van der Waals surface area contributed by atoms with Gasteiger partial charge in [-0.1, -0.05) is 30.3 Å². The molecule has 3 aromatic heterocycles. The van der Waals surface area contributed by atoms with Gasteiger partial charge in [0.1, 0.15) is 22.7 Å². The number of fused-ring (bicyclic) bond motifs is 3. The molecule has 0 fully saturated rings. The number of aromatic hydroxyl groups is 2. The fourth-order valence-corrected chi connectivity index (χ4v) is 5.54. The predicted octanol–water partition coefficient (Wildman–Crippen LogP) is 6.27. The number of aromatic nitrogens is 1. The Bertz CT molecular complexity index is 1980. The summed E-state index contributed by atoms with van der Waals surface area (Å²) in [6.07, 6.45) is 1.53. The van der Waals surface area contributed by atoms with E-state index in [1.54, 1.807) is 32.0 Å². The van der Waals surface area contributed by atoms with Gasteiger partial charge in [-0.05, 0) is 79.8 Å². The Hall–Kier alpha value is -4.91. The molecule has 7 nitrogen and oxygen atoms in total. The number of para-hydroxylation sites is 1. The zero-order valence-corrected chi connectivity index (χ0v) is 21.8. The molecule has 3 heterocycles. The topological polar surface area (TPSA) is 114 Å². The minimum Gasteiger partial charge on any atom is -0.507 e. The van der Waals surface area contributed by atoms with Crippen LogP contribution in [0.1, 0.15) is 44.9 Å². The highest BCUT2D eigenvalue weighted by molar-refractivity contribution is 5.90. The number of benzene rings is 3. The fourth-order valence-electron chi connectivity index (χ4n) is 5.54. The molecule has 0 spiro atoms. The Morgan fingerprint density at radius 2 is 1.23 bits per heavy atom. The van der Waals surface area contributed by atoms with E-state index in [0.717, 1.165) is 16.5 Å². The van der Waals surface area contributed by atoms with Crippen molar-refractivity contribution in [2.45, 2.75) is 33.6 Å². The number of rotatable bonds is 3. The maximum Gasteiger partial charge on any atom is 0.344 e. The first-order chi connectivity index (χ1) is 18.6. The molecule has 2 N–H and O–H groups in total. The summed E-state index contributed by atoms with van der Waals surface area (Å²) in [6, 6.07) is 16.3. The van der Waals surface area contributed by atoms with Crippen LogP contribution < -0.4 is 11.3 Å². The average Bonchev–Trinajstić information content (AvgIpc) is 2.89. The second kappa shape index (κ2) is 8.84. The number of hydrogen-bond acceptors (Lipinski definition) is 7. The van der Waals surface area contributed by atoms with E-state index >= 15 is 0 Å². The zero-order chi connectivity index (χ0) is 27.6. The lowest BCUT2D eigenvalue weighted by molar-refractivity contribution is 0.441. The van der Waals surface area contributed by atoms with Gasteiger partial charge in [-0.25, -0.2) is 9.59 Å². The molecule has 0 aliphatic rings. The minimum absolute atomic E-state index is 0.184. The monoisotopic (exact) mass is 519 g/mol. The van der Waals surface area contributed by atoms with Crippen LogP contribution in [0.2, 0.25) is 0 Å². The maximum absolute atomic E-state index is 13.6. The van der Waals surface area contributed by atoms with Crippen molar-refractivity contribution in [1.29, 1.82) is 0 Å². The molecule has 0 amide bonds. The van der Waals surface area contributed by atoms with E-state index in [-0.39, 0.29) is 33.8 Å². The molecule has 7 heteroatoms. The Kier molecular flexibility index (Phi) is 5.54. The SMILES string of the molecule is Cc1cc(C)c2oc(=O)c(C(c3cnc4ccccc4c3)c3c(O)c4cc(C)cc(C)c4oc3=O)c(O)c2c1. The third kappa shape index (κ3) is 3.85. The molecule has 194 valence electrons. The number of nitrogens with zero attached hydrogens (tertiary/aromatic N) is 1. The van der Waals surface area contributed by atoms with Crippen molar-refractivity contribution in [2.24, 2.45) is 0 Å². The molecule has 0 saturated carbocycles. The highest BCUT2D eigenvalue weighted by Crippen LogP contribution is 2.43. The summed E-state index contributed by atoms with van der Waals surface area (Å²) in [5.74, 6) is -1.89. The van der Waals surface area contributed by atoms with Crippen LogP contribution in [0.25, 0.3) is 32.8 Å². The highest BCUT2D eigenvalue weighted by Gasteiger charge is 2.33. The Labute approximate surface area is 222 Å². The Morgan fingerprint density at radius 1 is 0.718 bits per heavy atom. The van der Waals surface area contributed by atoms with E-state index in [0.29, 0.717) is 33.0 Å². The number of hydrogen-bond donors (Lipinski definition) is 2. The van der Waals surface area contributed by atoms with Gasteiger partial charge in [0.2, 0.25) is 0 Å². The molecule has 0 aliphatic carbocycles. The molecule has 0 unspecified atom stereocenters. The summed E-state index contributed by atoms with van der Waals surface area (Å²) in [5, 5.41) is 24.6. The average molecular weight is 520 g/mol. The second-order valence-corrected chi connectivity index (χ2v) is 10.1. The summed E-state index contributed by atoms with van der Waals surface area (Å²) in [4.78, 5) is 31.7. The molecule has 6 aromatic rings. The van der Waals surface area contributed by atoms with Gasteiger partial charge in [-0.2, -0.15) is 0 Å². The molecule has 0 bridgehead atoms. The van der Waals surface area contributed by atoms with Gasteiger partial charge in [-0.3, -0.25) is 4.98 Å². The zero-order valence-electron chi connectivity index (χ0n) is 21.8. The smallest absolute Gasteiger partial charge is 0.344 e. The molecule has 39 heavy (non-hydrogen) atoms. The third-order valence-corrected chi connectivity index (χ3v) is 7.21. The first-order valence-electron chi connectivity index (χ1n) is 12.5. The minimum atomic E-state index is -1.23. The van der Waals surface area contributed by atoms with Crippen LogP contribution in [0.5, 0.6) is 11.5 Å². The molecule has 6 rings (SSSR count). The Balaban J connectivity index is 1.76. The standard InChI is InChI=1S/C32H25NO6/c1-15-9-17(3)29-21(11-15)27(34)25(31(36)38-29)24(20-13-19-7-5-6-8-23(19)33-14-20)26-28(35)22-12-16(2)10-18(4)30(22)39-32(26)37/h5-14,24,34-35H,1-4H3. The van der Waals surface area contributed by atoms with Crippen LogP contribution in [-0.2, 0) is 0 Å². The van der Waals surface area contributed by atoms with Gasteiger partial charge >= 0.3 is 11.3 Å². The Morgan fingerprint density at radius 3 is 1.77 bits per heavy atom. The van der Waals surface area contributed by atoms with Crippen LogP contribution >= 0.6 is 0 Å². The lowest BCUT2D eigenvalue weighted by Crippen LogP contribution is -2.21. The third-order valence-electron chi connectivity index (χ3n) is 7.21. The van der Waals surface area contributed by atoms with E-state index in [9.17, 15) is 19.8 Å². The van der Waals surface area contributed by atoms with E-state index in [1.807, 2.05) is 50.2 Å². The lowest BCUT2D eigenvalue weighted by atomic mass is 9.84. The van der Waals surface area contributed by atoms with Crippen LogP contribution in [0.15, 0.2) is 79.2 Å². The van der Waals surface area contributed by atoms with Gasteiger partial charge in [0, 0.05) is 11.6 Å². The van der Waals surface area contributed by atoms with Gasteiger partial charge in [-0.15, -0.1) is 0 Å². The molecular formula is C32H25NO6. The summed E-state index contributed by atoms with van der Waals surface area (Å²) in [7, 11) is 0. The van der Waals surface area contributed by atoms with Gasteiger partial charge < -0.3 is 19.0 Å². The molecular weight excluding hydrogens is 494 g/mol. The summed E-state index contributed by atoms with van der Waals surface area (Å²) < 4.78 is 11.5. The molecule has 0 saturated heterocycles. The number of pyridine rings is 1. The van der Waals surface area contributed by atoms with E-state index < -0.39 is 17.2 Å². The van der Waals surface area contributed by atoms with Crippen molar-refractivity contribution >= 4 is 32.8 Å². The van der Waals surface area contributed by atoms with Crippen molar-refractivity contribution in [3.8, 4) is 11.5 Å². The summed E-state index contributed by atoms with van der Waals surface area (Å²) in [6.45, 7) is 7.32. The van der Waals surface area contributed by atoms with Crippen LogP contribution in [0.4, 0.5) is 0 Å². The quantitative estimate of drug-likeness (QED) is 0.265.